The summed E-state index contributed by atoms with van der Waals surface area (Å²) >= 11 is 2.88. The Morgan fingerprint density at radius 1 is 1.11 bits per heavy atom. The molecule has 4 nitrogen and oxygen atoms in total. The van der Waals surface area contributed by atoms with E-state index in [1.807, 2.05) is 25.1 Å². The van der Waals surface area contributed by atoms with Gasteiger partial charge in [-0.1, -0.05) is 6.92 Å². The van der Waals surface area contributed by atoms with E-state index in [1.54, 1.807) is 12.1 Å². The zero-order valence-electron chi connectivity index (χ0n) is 10.3. The Kier molecular flexibility index (Phi) is 4.76. The summed E-state index contributed by atoms with van der Waals surface area (Å²) in [6.45, 7) is 1.83. The van der Waals surface area contributed by atoms with E-state index in [0.717, 1.165) is 4.90 Å². The average Bonchev–Trinajstić information content (AvgIpc) is 2.43. The Morgan fingerprint density at radius 3 is 2.32 bits per heavy atom. The number of nitriles is 1. The van der Waals surface area contributed by atoms with E-state index in [1.165, 1.54) is 23.5 Å². The molecule has 1 saturated heterocycles. The molecule has 0 aromatic heterocycles. The molecule has 0 spiro atoms. The molecular formula is C13H15NO3S2. The van der Waals surface area contributed by atoms with Crippen LogP contribution in [-0.2, 0) is 0 Å². The van der Waals surface area contributed by atoms with E-state index in [2.05, 4.69) is 0 Å². The summed E-state index contributed by atoms with van der Waals surface area (Å²) in [6.07, 6.45) is -3.00. The number of benzene rings is 1. The van der Waals surface area contributed by atoms with Crippen LogP contribution < -0.4 is 0 Å². The van der Waals surface area contributed by atoms with Crippen molar-refractivity contribution >= 4 is 23.5 Å². The van der Waals surface area contributed by atoms with Gasteiger partial charge in [0.1, 0.15) is 12.2 Å². The fourth-order valence-electron chi connectivity index (χ4n) is 1.85. The number of aliphatic hydroxyl groups excluding tert-OH is 3. The van der Waals surface area contributed by atoms with Gasteiger partial charge in [0.05, 0.1) is 22.3 Å². The number of nitrogens with zero attached hydrogens (tertiary/aromatic N) is 1. The molecule has 0 saturated carbocycles. The van der Waals surface area contributed by atoms with Gasteiger partial charge in [-0.05, 0) is 24.3 Å². The van der Waals surface area contributed by atoms with E-state index in [9.17, 15) is 15.3 Å². The highest BCUT2D eigenvalue weighted by Gasteiger charge is 2.41. The van der Waals surface area contributed by atoms with Gasteiger partial charge in [-0.3, -0.25) is 0 Å². The van der Waals surface area contributed by atoms with E-state index >= 15 is 0 Å². The monoisotopic (exact) mass is 297 g/mol. The summed E-state index contributed by atoms with van der Waals surface area (Å²) in [7, 11) is 0. The summed E-state index contributed by atoms with van der Waals surface area (Å²) in [6, 6.07) is 9.12. The van der Waals surface area contributed by atoms with Gasteiger partial charge in [0, 0.05) is 10.1 Å². The molecule has 0 bridgehead atoms. The first kappa shape index (κ1) is 14.7. The van der Waals surface area contributed by atoms with Crippen LogP contribution in [0.1, 0.15) is 12.5 Å². The third kappa shape index (κ3) is 3.25. The molecule has 1 aliphatic rings. The van der Waals surface area contributed by atoms with Gasteiger partial charge >= 0.3 is 0 Å². The topological polar surface area (TPSA) is 84.5 Å². The van der Waals surface area contributed by atoms with E-state index in [-0.39, 0.29) is 9.83 Å². The Labute approximate surface area is 120 Å². The van der Waals surface area contributed by atoms with E-state index < -0.39 is 18.3 Å². The van der Waals surface area contributed by atoms with E-state index in [4.69, 9.17) is 5.26 Å². The smallest absolute Gasteiger partial charge is 0.109 e. The molecule has 0 unspecified atom stereocenters. The first-order chi connectivity index (χ1) is 9.02. The molecule has 0 radical (unpaired) electrons. The molecule has 2 rings (SSSR count). The van der Waals surface area contributed by atoms with Crippen molar-refractivity contribution in [1.82, 2.24) is 0 Å². The van der Waals surface area contributed by atoms with Crippen molar-refractivity contribution in [2.75, 3.05) is 0 Å². The number of aliphatic hydroxyl groups is 3. The number of thioether (sulfide) groups is 2. The lowest BCUT2D eigenvalue weighted by molar-refractivity contribution is -0.0565. The zero-order chi connectivity index (χ0) is 14.0. The summed E-state index contributed by atoms with van der Waals surface area (Å²) in [5.74, 6) is 0. The molecular weight excluding hydrogens is 282 g/mol. The Balaban J connectivity index is 2.07. The minimum atomic E-state index is -1.12. The lowest BCUT2D eigenvalue weighted by Gasteiger charge is -2.38. The summed E-state index contributed by atoms with van der Waals surface area (Å²) < 4.78 is -0.235. The second kappa shape index (κ2) is 6.16. The molecule has 1 aliphatic heterocycles. The maximum atomic E-state index is 9.98. The molecule has 1 aromatic carbocycles. The summed E-state index contributed by atoms with van der Waals surface area (Å²) in [5, 5.41) is 38.1. The molecule has 1 heterocycles. The lowest BCUT2D eigenvalue weighted by Crippen LogP contribution is -2.51. The fourth-order valence-corrected chi connectivity index (χ4v) is 4.86. The van der Waals surface area contributed by atoms with Crippen LogP contribution in [0.5, 0.6) is 0 Å². The zero-order valence-corrected chi connectivity index (χ0v) is 11.9. The Morgan fingerprint density at radius 2 is 1.74 bits per heavy atom. The highest BCUT2D eigenvalue weighted by Crippen LogP contribution is 2.41. The van der Waals surface area contributed by atoms with Gasteiger partial charge < -0.3 is 15.3 Å². The van der Waals surface area contributed by atoms with Gasteiger partial charge in [0.15, 0.2) is 0 Å². The molecule has 19 heavy (non-hydrogen) atoms. The van der Waals surface area contributed by atoms with Crippen molar-refractivity contribution < 1.29 is 15.3 Å². The minimum absolute atomic E-state index is 0.130. The van der Waals surface area contributed by atoms with Crippen LogP contribution in [-0.4, -0.2) is 43.5 Å². The quantitative estimate of drug-likeness (QED) is 0.760. The van der Waals surface area contributed by atoms with Crippen molar-refractivity contribution in [1.29, 1.82) is 5.26 Å². The standard InChI is InChI=1S/C13H15NO3S2/c1-7-10(15)11(16)12(17)13(18-7)19-9-4-2-8(6-14)3-5-9/h2-5,7,10-13,15-17H,1H3/t7-,10-,11+,12-,13+/m1/s1. The summed E-state index contributed by atoms with van der Waals surface area (Å²) in [5.41, 5.74) is 0.588. The predicted molar refractivity (Wildman–Crippen MR) is 75.9 cm³/mol. The van der Waals surface area contributed by atoms with E-state index in [0.29, 0.717) is 5.56 Å². The molecule has 3 N–H and O–H groups in total. The molecule has 6 heteroatoms. The normalized spacial score (nSPS) is 34.8. The van der Waals surface area contributed by atoms with Crippen molar-refractivity contribution in [2.24, 2.45) is 0 Å². The summed E-state index contributed by atoms with van der Waals surface area (Å²) in [4.78, 5) is 0.923. The van der Waals surface area contributed by atoms with Crippen LogP contribution in [0, 0.1) is 11.3 Å². The average molecular weight is 297 g/mol. The van der Waals surface area contributed by atoms with Crippen molar-refractivity contribution in [3.63, 3.8) is 0 Å². The van der Waals surface area contributed by atoms with Crippen LogP contribution in [0.4, 0.5) is 0 Å². The van der Waals surface area contributed by atoms with Crippen molar-refractivity contribution in [3.05, 3.63) is 29.8 Å². The van der Waals surface area contributed by atoms with Crippen LogP contribution in [0.3, 0.4) is 0 Å². The first-order valence-electron chi connectivity index (χ1n) is 5.89. The maximum Gasteiger partial charge on any atom is 0.109 e. The highest BCUT2D eigenvalue weighted by molar-refractivity contribution is 8.17. The molecule has 1 fully saturated rings. The van der Waals surface area contributed by atoms with Crippen LogP contribution >= 0.6 is 23.5 Å². The molecule has 102 valence electrons. The number of hydrogen-bond donors (Lipinski definition) is 3. The number of rotatable bonds is 2. The van der Waals surface area contributed by atoms with Crippen LogP contribution in [0.2, 0.25) is 0 Å². The SMILES string of the molecule is C[C@H]1S[C@@H](Sc2ccc(C#N)cc2)[C@H](O)[C@@H](O)[C@@H]1O. The Hall–Kier alpha value is -0.710. The second-order valence-electron chi connectivity index (χ2n) is 4.44. The largest absolute Gasteiger partial charge is 0.389 e. The molecule has 0 aliphatic carbocycles. The molecule has 0 amide bonds. The van der Waals surface area contributed by atoms with Crippen molar-refractivity contribution in [3.8, 4) is 6.07 Å². The van der Waals surface area contributed by atoms with Gasteiger partial charge in [0.25, 0.3) is 0 Å². The minimum Gasteiger partial charge on any atom is -0.389 e. The van der Waals surface area contributed by atoms with Gasteiger partial charge in [0.2, 0.25) is 0 Å². The maximum absolute atomic E-state index is 9.98. The fraction of sp³-hybridized carbons (Fsp3) is 0.462. The van der Waals surface area contributed by atoms with Gasteiger partial charge in [-0.2, -0.15) is 5.26 Å². The van der Waals surface area contributed by atoms with Crippen molar-refractivity contribution in [2.45, 2.75) is 40.0 Å². The third-order valence-electron chi connectivity index (χ3n) is 3.04. The third-order valence-corrected chi connectivity index (χ3v) is 5.98. The molecule has 5 atom stereocenters. The first-order valence-corrected chi connectivity index (χ1v) is 7.71. The lowest BCUT2D eigenvalue weighted by atomic mass is 10.1. The van der Waals surface area contributed by atoms with Crippen LogP contribution in [0.15, 0.2) is 29.2 Å². The predicted octanol–water partition coefficient (Wildman–Crippen LogP) is 1.19. The van der Waals surface area contributed by atoms with Gasteiger partial charge in [-0.25, -0.2) is 0 Å². The molecule has 1 aromatic rings. The Bertz CT molecular complexity index is 474. The second-order valence-corrected chi connectivity index (χ2v) is 7.47. The van der Waals surface area contributed by atoms with Crippen LogP contribution in [0.25, 0.3) is 0 Å². The highest BCUT2D eigenvalue weighted by atomic mass is 32.2. The number of hydrogen-bond acceptors (Lipinski definition) is 6. The van der Waals surface area contributed by atoms with Gasteiger partial charge in [-0.15, -0.1) is 23.5 Å².